The van der Waals surface area contributed by atoms with Gasteiger partial charge in [0, 0.05) is 39.3 Å². The predicted octanol–water partition coefficient (Wildman–Crippen LogP) is -0.953. The van der Waals surface area contributed by atoms with E-state index in [-0.39, 0.29) is 23.7 Å². The van der Waals surface area contributed by atoms with Gasteiger partial charge in [0.2, 0.25) is 11.8 Å². The number of carbonyl (C=O) groups is 2. The molecule has 2 amide bonds. The van der Waals surface area contributed by atoms with Crippen molar-refractivity contribution in [1.82, 2.24) is 29.5 Å². The lowest BCUT2D eigenvalue weighted by Gasteiger charge is -2.35. The summed E-state index contributed by atoms with van der Waals surface area (Å²) in [5.74, 6) is 0.527. The van der Waals surface area contributed by atoms with Gasteiger partial charge in [0.15, 0.2) is 0 Å². The number of aromatic nitrogens is 3. The summed E-state index contributed by atoms with van der Waals surface area (Å²) in [6.07, 6.45) is 2.25. The van der Waals surface area contributed by atoms with Crippen LogP contribution in [0, 0.1) is 11.8 Å². The van der Waals surface area contributed by atoms with Gasteiger partial charge >= 0.3 is 0 Å². The van der Waals surface area contributed by atoms with Gasteiger partial charge in [-0.3, -0.25) is 9.59 Å². The summed E-state index contributed by atoms with van der Waals surface area (Å²) in [6.45, 7) is 5.65. The second-order valence-electron chi connectivity index (χ2n) is 7.46. The number of amides is 2. The summed E-state index contributed by atoms with van der Waals surface area (Å²) in [7, 11) is 2.07. The lowest BCUT2D eigenvalue weighted by Crippen LogP contribution is -2.51. The summed E-state index contributed by atoms with van der Waals surface area (Å²) in [5, 5.41) is 4.26. The van der Waals surface area contributed by atoms with Crippen LogP contribution in [-0.4, -0.2) is 94.3 Å². The van der Waals surface area contributed by atoms with Crippen molar-refractivity contribution >= 4 is 11.8 Å². The average molecular weight is 362 g/mol. The largest absolute Gasteiger partial charge is 0.381 e. The van der Waals surface area contributed by atoms with Crippen molar-refractivity contribution in [2.45, 2.75) is 19.5 Å². The fourth-order valence-corrected chi connectivity index (χ4v) is 3.93. The highest BCUT2D eigenvalue weighted by Crippen LogP contribution is 2.22. The fraction of sp³-hybridized carbons (Fsp3) is 0.765. The number of hydrogen-bond donors (Lipinski definition) is 0. The van der Waals surface area contributed by atoms with Gasteiger partial charge < -0.3 is 19.4 Å². The molecule has 2 fully saturated rings. The zero-order valence-corrected chi connectivity index (χ0v) is 15.2. The molecule has 0 bridgehead atoms. The second kappa shape index (κ2) is 7.32. The van der Waals surface area contributed by atoms with Crippen LogP contribution in [-0.2, 0) is 27.4 Å². The molecular weight excluding hydrogens is 336 g/mol. The maximum Gasteiger partial charge on any atom is 0.229 e. The third kappa shape index (κ3) is 3.45. The van der Waals surface area contributed by atoms with Crippen LogP contribution in [0.1, 0.15) is 12.2 Å². The molecule has 4 rings (SSSR count). The molecular formula is C17H26N6O3. The van der Waals surface area contributed by atoms with Crippen molar-refractivity contribution in [3.8, 4) is 0 Å². The third-order valence-electron chi connectivity index (χ3n) is 5.62. The maximum atomic E-state index is 13.1. The van der Waals surface area contributed by atoms with Gasteiger partial charge in [-0.25, -0.2) is 9.67 Å². The van der Waals surface area contributed by atoms with Crippen molar-refractivity contribution in [3.63, 3.8) is 0 Å². The Balaban J connectivity index is 1.52. The summed E-state index contributed by atoms with van der Waals surface area (Å²) < 4.78 is 7.15. The number of nitrogens with zero attached hydrogens (tertiary/aromatic N) is 6. The molecule has 0 aromatic carbocycles. The first-order valence-electron chi connectivity index (χ1n) is 9.32. The van der Waals surface area contributed by atoms with Crippen molar-refractivity contribution in [2.75, 3.05) is 53.0 Å². The Kier molecular flexibility index (Phi) is 4.90. The molecule has 1 aromatic heterocycles. The van der Waals surface area contributed by atoms with Gasteiger partial charge in [-0.1, -0.05) is 0 Å². The van der Waals surface area contributed by atoms with Gasteiger partial charge in [-0.2, -0.15) is 5.10 Å². The van der Waals surface area contributed by atoms with Gasteiger partial charge in [-0.05, 0) is 13.5 Å². The molecule has 0 saturated carbocycles. The van der Waals surface area contributed by atoms with Crippen LogP contribution in [0.4, 0.5) is 0 Å². The summed E-state index contributed by atoms with van der Waals surface area (Å²) in [6, 6.07) is 0. The highest BCUT2D eigenvalue weighted by molar-refractivity contribution is 5.82. The molecule has 0 aliphatic carbocycles. The smallest absolute Gasteiger partial charge is 0.229 e. The van der Waals surface area contributed by atoms with Crippen molar-refractivity contribution < 1.29 is 14.3 Å². The highest BCUT2D eigenvalue weighted by Gasteiger charge is 2.36. The van der Waals surface area contributed by atoms with E-state index in [9.17, 15) is 9.59 Å². The standard InChI is InChI=1S/C17H26N6O3/c1-20-3-5-21(6-4-20)17(25)14-8-22(16(24)13-2-7-26-11-13)10-15-18-12-19-23(15)9-14/h12-14H,2-11H2,1H3. The van der Waals surface area contributed by atoms with E-state index in [1.54, 1.807) is 9.58 Å². The number of carbonyl (C=O) groups excluding carboxylic acids is 2. The molecule has 1 aromatic rings. The fourth-order valence-electron chi connectivity index (χ4n) is 3.93. The normalized spacial score (nSPS) is 27.3. The molecule has 3 aliphatic rings. The molecule has 2 saturated heterocycles. The van der Waals surface area contributed by atoms with Gasteiger partial charge in [-0.15, -0.1) is 0 Å². The number of ether oxygens (including phenoxy) is 1. The molecule has 9 heteroatoms. The van der Waals surface area contributed by atoms with E-state index in [2.05, 4.69) is 22.0 Å². The van der Waals surface area contributed by atoms with Crippen LogP contribution in [0.3, 0.4) is 0 Å². The Hall–Kier alpha value is -2.00. The minimum atomic E-state index is -0.285. The first kappa shape index (κ1) is 17.4. The summed E-state index contributed by atoms with van der Waals surface area (Å²) in [4.78, 5) is 36.3. The lowest BCUT2D eigenvalue weighted by molar-refractivity contribution is -0.141. The first-order valence-corrected chi connectivity index (χ1v) is 9.32. The molecule has 0 spiro atoms. The molecule has 3 aliphatic heterocycles. The molecule has 142 valence electrons. The predicted molar refractivity (Wildman–Crippen MR) is 91.9 cm³/mol. The molecule has 26 heavy (non-hydrogen) atoms. The van der Waals surface area contributed by atoms with Crippen molar-refractivity contribution in [2.24, 2.45) is 11.8 Å². The van der Waals surface area contributed by atoms with Crippen LogP contribution < -0.4 is 0 Å². The van der Waals surface area contributed by atoms with Crippen LogP contribution in [0.5, 0.6) is 0 Å². The van der Waals surface area contributed by atoms with Crippen LogP contribution in [0.15, 0.2) is 6.33 Å². The van der Waals surface area contributed by atoms with Crippen LogP contribution in [0.25, 0.3) is 0 Å². The van der Waals surface area contributed by atoms with Crippen molar-refractivity contribution in [3.05, 3.63) is 12.2 Å². The Labute approximate surface area is 152 Å². The topological polar surface area (TPSA) is 83.8 Å². The maximum absolute atomic E-state index is 13.1. The van der Waals surface area contributed by atoms with E-state index in [1.165, 1.54) is 6.33 Å². The molecule has 0 radical (unpaired) electrons. The highest BCUT2D eigenvalue weighted by atomic mass is 16.5. The van der Waals surface area contributed by atoms with E-state index in [1.807, 2.05) is 4.90 Å². The summed E-state index contributed by atoms with van der Waals surface area (Å²) in [5.41, 5.74) is 0. The Morgan fingerprint density at radius 3 is 2.58 bits per heavy atom. The van der Waals surface area contributed by atoms with Gasteiger partial charge in [0.1, 0.15) is 12.2 Å². The number of likely N-dealkylation sites (N-methyl/N-ethyl adjacent to an activating group) is 1. The Bertz CT molecular complexity index is 663. The zero-order chi connectivity index (χ0) is 18.1. The van der Waals surface area contributed by atoms with Crippen LogP contribution >= 0.6 is 0 Å². The molecule has 2 unspecified atom stereocenters. The third-order valence-corrected chi connectivity index (χ3v) is 5.62. The SMILES string of the molecule is CN1CCN(C(=O)C2CN(C(=O)C3CCOC3)Cc3ncnn3C2)CC1. The minimum absolute atomic E-state index is 0.0649. The monoisotopic (exact) mass is 362 g/mol. The number of piperazine rings is 1. The number of hydrogen-bond acceptors (Lipinski definition) is 6. The van der Waals surface area contributed by atoms with Gasteiger partial charge in [0.25, 0.3) is 0 Å². The van der Waals surface area contributed by atoms with Crippen molar-refractivity contribution in [1.29, 1.82) is 0 Å². The minimum Gasteiger partial charge on any atom is -0.381 e. The quantitative estimate of drug-likeness (QED) is 0.674. The molecule has 0 N–H and O–H groups in total. The summed E-state index contributed by atoms with van der Waals surface area (Å²) >= 11 is 0. The number of rotatable bonds is 2. The average Bonchev–Trinajstić information content (AvgIpc) is 3.29. The lowest BCUT2D eigenvalue weighted by atomic mass is 10.0. The first-order chi connectivity index (χ1) is 12.6. The molecule has 9 nitrogen and oxygen atoms in total. The Morgan fingerprint density at radius 2 is 1.85 bits per heavy atom. The van der Waals surface area contributed by atoms with E-state index in [0.717, 1.165) is 38.4 Å². The van der Waals surface area contributed by atoms with Gasteiger partial charge in [0.05, 0.1) is 31.5 Å². The zero-order valence-electron chi connectivity index (χ0n) is 15.2. The number of fused-ring (bicyclic) bond motifs is 1. The van der Waals surface area contributed by atoms with Crippen LogP contribution in [0.2, 0.25) is 0 Å². The second-order valence-corrected chi connectivity index (χ2v) is 7.46. The molecule has 2 atom stereocenters. The Morgan fingerprint density at radius 1 is 1.08 bits per heavy atom. The molecule has 4 heterocycles. The van der Waals surface area contributed by atoms with E-state index >= 15 is 0 Å². The van der Waals surface area contributed by atoms with E-state index in [0.29, 0.717) is 32.8 Å². The van der Waals surface area contributed by atoms with E-state index < -0.39 is 0 Å². The van der Waals surface area contributed by atoms with E-state index in [4.69, 9.17) is 4.74 Å².